The Morgan fingerprint density at radius 2 is 1.77 bits per heavy atom. The predicted molar refractivity (Wildman–Crippen MR) is 80.8 cm³/mol. The average Bonchev–Trinajstić information content (AvgIpc) is 2.92. The Bertz CT molecular complexity index is 685. The third-order valence-corrected chi connectivity index (χ3v) is 3.55. The Morgan fingerprint density at radius 3 is 2.36 bits per heavy atom. The van der Waals surface area contributed by atoms with Crippen LogP contribution in [0.5, 0.6) is 0 Å². The van der Waals surface area contributed by atoms with Crippen LogP contribution in [0.2, 0.25) is 0 Å². The second-order valence-electron chi connectivity index (χ2n) is 5.41. The number of anilines is 1. The average molecular weight is 302 g/mol. The molecule has 1 saturated heterocycles. The van der Waals surface area contributed by atoms with E-state index in [-0.39, 0.29) is 5.69 Å². The van der Waals surface area contributed by atoms with Crippen molar-refractivity contribution in [2.24, 2.45) is 0 Å². The Kier molecular flexibility index (Phi) is 3.81. The number of ether oxygens (including phenoxy) is 1. The highest BCUT2D eigenvalue weighted by molar-refractivity contribution is 5.91. The summed E-state index contributed by atoms with van der Waals surface area (Å²) in [7, 11) is 0. The molecule has 0 atom stereocenters. The number of aromatic carboxylic acids is 1. The second kappa shape index (κ2) is 5.76. The zero-order valence-corrected chi connectivity index (χ0v) is 12.6. The maximum Gasteiger partial charge on any atom is 0.360 e. The SMILES string of the molecule is Cc1cc(C)cc(-n2nc(C(=O)O)c(N3CCOCC3)n2)c1. The van der Waals surface area contributed by atoms with Crippen LogP contribution in [0.15, 0.2) is 18.2 Å². The first-order chi connectivity index (χ1) is 10.5. The minimum absolute atomic E-state index is 0.0268. The zero-order valence-electron chi connectivity index (χ0n) is 12.6. The molecule has 1 aromatic heterocycles. The van der Waals surface area contributed by atoms with Gasteiger partial charge >= 0.3 is 5.97 Å². The minimum atomic E-state index is -1.07. The number of nitrogens with zero attached hydrogens (tertiary/aromatic N) is 4. The molecule has 3 rings (SSSR count). The zero-order chi connectivity index (χ0) is 15.7. The van der Waals surface area contributed by atoms with E-state index in [0.29, 0.717) is 32.1 Å². The molecule has 22 heavy (non-hydrogen) atoms. The number of carbonyl (C=O) groups is 1. The molecule has 2 aromatic rings. The van der Waals surface area contributed by atoms with Gasteiger partial charge in [0.1, 0.15) is 0 Å². The molecule has 0 radical (unpaired) electrons. The van der Waals surface area contributed by atoms with Gasteiger partial charge in [0.25, 0.3) is 0 Å². The molecular formula is C15H18N4O3. The highest BCUT2D eigenvalue weighted by Crippen LogP contribution is 2.20. The maximum absolute atomic E-state index is 11.5. The second-order valence-corrected chi connectivity index (χ2v) is 5.41. The molecule has 0 amide bonds. The van der Waals surface area contributed by atoms with Crippen molar-refractivity contribution in [3.05, 3.63) is 35.0 Å². The third-order valence-electron chi connectivity index (χ3n) is 3.55. The van der Waals surface area contributed by atoms with E-state index in [1.165, 1.54) is 4.80 Å². The van der Waals surface area contributed by atoms with Crippen molar-refractivity contribution in [3.8, 4) is 5.69 Å². The molecule has 0 bridgehead atoms. The van der Waals surface area contributed by atoms with Gasteiger partial charge in [-0.05, 0) is 37.1 Å². The first-order valence-corrected chi connectivity index (χ1v) is 7.16. The van der Waals surface area contributed by atoms with E-state index in [1.807, 2.05) is 36.9 Å². The number of morpholine rings is 1. The Balaban J connectivity index is 2.04. The number of rotatable bonds is 3. The predicted octanol–water partition coefficient (Wildman–Crippen LogP) is 1.42. The number of hydrogen-bond acceptors (Lipinski definition) is 5. The van der Waals surface area contributed by atoms with Gasteiger partial charge in [-0.2, -0.15) is 0 Å². The van der Waals surface area contributed by atoms with Crippen molar-refractivity contribution in [2.45, 2.75) is 13.8 Å². The van der Waals surface area contributed by atoms with E-state index in [0.717, 1.165) is 16.8 Å². The molecule has 116 valence electrons. The van der Waals surface area contributed by atoms with Crippen LogP contribution in [0, 0.1) is 13.8 Å². The van der Waals surface area contributed by atoms with Crippen molar-refractivity contribution in [3.63, 3.8) is 0 Å². The normalized spacial score (nSPS) is 15.1. The first kappa shape index (κ1) is 14.5. The lowest BCUT2D eigenvalue weighted by atomic mass is 10.1. The molecule has 0 unspecified atom stereocenters. The van der Waals surface area contributed by atoms with Crippen LogP contribution in [0.4, 0.5) is 5.82 Å². The van der Waals surface area contributed by atoms with E-state index in [1.54, 1.807) is 0 Å². The molecular weight excluding hydrogens is 284 g/mol. The van der Waals surface area contributed by atoms with Gasteiger partial charge in [-0.3, -0.25) is 0 Å². The lowest BCUT2D eigenvalue weighted by Gasteiger charge is -2.26. The van der Waals surface area contributed by atoms with Crippen LogP contribution in [-0.4, -0.2) is 52.4 Å². The summed E-state index contributed by atoms with van der Waals surface area (Å²) >= 11 is 0. The fourth-order valence-electron chi connectivity index (χ4n) is 2.61. The van der Waals surface area contributed by atoms with Crippen LogP contribution in [0.3, 0.4) is 0 Å². The van der Waals surface area contributed by atoms with Gasteiger partial charge in [0.05, 0.1) is 18.9 Å². The van der Waals surface area contributed by atoms with Crippen molar-refractivity contribution in [2.75, 3.05) is 31.2 Å². The smallest absolute Gasteiger partial charge is 0.360 e. The Morgan fingerprint density at radius 1 is 1.14 bits per heavy atom. The quantitative estimate of drug-likeness (QED) is 0.923. The molecule has 1 aliphatic heterocycles. The summed E-state index contributed by atoms with van der Waals surface area (Å²) in [5.74, 6) is -0.674. The molecule has 7 nitrogen and oxygen atoms in total. The lowest BCUT2D eigenvalue weighted by Crippen LogP contribution is -2.37. The van der Waals surface area contributed by atoms with Crippen molar-refractivity contribution in [1.82, 2.24) is 15.0 Å². The molecule has 0 saturated carbocycles. The molecule has 0 aliphatic carbocycles. The van der Waals surface area contributed by atoms with Gasteiger partial charge in [-0.25, -0.2) is 4.79 Å². The fraction of sp³-hybridized carbons (Fsp3) is 0.400. The number of aryl methyl sites for hydroxylation is 2. The van der Waals surface area contributed by atoms with Crippen molar-refractivity contribution < 1.29 is 14.6 Å². The molecule has 7 heteroatoms. The van der Waals surface area contributed by atoms with Gasteiger partial charge in [-0.1, -0.05) is 6.07 Å². The van der Waals surface area contributed by atoms with Crippen molar-refractivity contribution in [1.29, 1.82) is 0 Å². The molecule has 1 fully saturated rings. The molecule has 1 aromatic carbocycles. The molecule has 2 heterocycles. The van der Waals surface area contributed by atoms with E-state index in [4.69, 9.17) is 4.74 Å². The van der Waals surface area contributed by atoms with E-state index < -0.39 is 5.97 Å². The summed E-state index contributed by atoms with van der Waals surface area (Å²) < 4.78 is 5.30. The largest absolute Gasteiger partial charge is 0.476 e. The summed E-state index contributed by atoms with van der Waals surface area (Å²) in [4.78, 5) is 14.8. The maximum atomic E-state index is 11.5. The van der Waals surface area contributed by atoms with Crippen LogP contribution in [0.25, 0.3) is 5.69 Å². The van der Waals surface area contributed by atoms with Gasteiger partial charge in [-0.15, -0.1) is 15.0 Å². The highest BCUT2D eigenvalue weighted by Gasteiger charge is 2.25. The number of hydrogen-bond donors (Lipinski definition) is 1. The number of benzene rings is 1. The summed E-state index contributed by atoms with van der Waals surface area (Å²) in [5.41, 5.74) is 2.90. The van der Waals surface area contributed by atoms with E-state index >= 15 is 0 Å². The highest BCUT2D eigenvalue weighted by atomic mass is 16.5. The Labute approximate surface area is 128 Å². The van der Waals surface area contributed by atoms with Gasteiger partial charge < -0.3 is 14.7 Å². The lowest BCUT2D eigenvalue weighted by molar-refractivity contribution is 0.0689. The summed E-state index contributed by atoms with van der Waals surface area (Å²) in [6.07, 6.45) is 0. The first-order valence-electron chi connectivity index (χ1n) is 7.16. The van der Waals surface area contributed by atoms with Crippen LogP contribution in [-0.2, 0) is 4.74 Å². The standard InChI is InChI=1S/C15H18N4O3/c1-10-7-11(2)9-12(8-10)19-16-13(15(20)21)14(17-19)18-3-5-22-6-4-18/h7-9H,3-6H2,1-2H3,(H,20,21). The monoisotopic (exact) mass is 302 g/mol. The third kappa shape index (κ3) is 2.80. The van der Waals surface area contributed by atoms with Gasteiger partial charge in [0.15, 0.2) is 5.82 Å². The summed E-state index contributed by atoms with van der Waals surface area (Å²) in [6, 6.07) is 5.91. The number of carboxylic acids is 1. The minimum Gasteiger partial charge on any atom is -0.476 e. The van der Waals surface area contributed by atoms with Gasteiger partial charge in [0.2, 0.25) is 5.69 Å². The van der Waals surface area contributed by atoms with Crippen molar-refractivity contribution >= 4 is 11.8 Å². The topological polar surface area (TPSA) is 80.5 Å². The van der Waals surface area contributed by atoms with E-state index in [2.05, 4.69) is 10.2 Å². The van der Waals surface area contributed by atoms with Crippen LogP contribution in [0.1, 0.15) is 21.6 Å². The molecule has 1 aliphatic rings. The van der Waals surface area contributed by atoms with E-state index in [9.17, 15) is 9.90 Å². The summed E-state index contributed by atoms with van der Waals surface area (Å²) in [6.45, 7) is 6.34. The Hall–Kier alpha value is -2.41. The van der Waals surface area contributed by atoms with Crippen LogP contribution >= 0.6 is 0 Å². The van der Waals surface area contributed by atoms with Crippen LogP contribution < -0.4 is 4.90 Å². The molecule has 0 spiro atoms. The molecule has 1 N–H and O–H groups in total. The number of aromatic nitrogens is 3. The van der Waals surface area contributed by atoms with Gasteiger partial charge in [0, 0.05) is 13.1 Å². The fourth-order valence-corrected chi connectivity index (χ4v) is 2.61. The summed E-state index contributed by atoms with van der Waals surface area (Å²) in [5, 5.41) is 18.0. The number of carboxylic acid groups (broad SMARTS) is 1.